The quantitative estimate of drug-likeness (QED) is 0.287. The molecule has 3 aromatic carbocycles. The van der Waals surface area contributed by atoms with Crippen molar-refractivity contribution in [3.63, 3.8) is 0 Å². The second-order valence-corrected chi connectivity index (χ2v) is 10.1. The van der Waals surface area contributed by atoms with Gasteiger partial charge in [-0.1, -0.05) is 44.2 Å². The molecule has 1 unspecified atom stereocenters. The van der Waals surface area contributed by atoms with E-state index >= 15 is 0 Å². The highest BCUT2D eigenvalue weighted by molar-refractivity contribution is 5.91. The van der Waals surface area contributed by atoms with Crippen LogP contribution < -0.4 is 10.1 Å². The van der Waals surface area contributed by atoms with Crippen molar-refractivity contribution in [3.8, 4) is 5.75 Å². The Bertz CT molecular complexity index is 1500. The molecular weight excluding hydrogens is 514 g/mol. The van der Waals surface area contributed by atoms with Crippen molar-refractivity contribution in [3.05, 3.63) is 124 Å². The first-order valence-electron chi connectivity index (χ1n) is 13.2. The number of carbonyl (C=O) groups excluding carboxylic acids is 2. The number of amides is 2. The third kappa shape index (κ3) is 6.06. The van der Waals surface area contributed by atoms with Crippen LogP contribution in [0.25, 0.3) is 0 Å². The SMILES string of the molecule is CC(C)C(=O)N1CCc2ccc(OCc3ccc(C(=O)NCc4ccc(F)cc4)o3)cc2C1c1ccc(F)cc1. The number of hydrogen-bond acceptors (Lipinski definition) is 4. The lowest BCUT2D eigenvalue weighted by atomic mass is 9.87. The standard InChI is InChI=1S/C32H30F2N2O4/c1-20(2)32(38)36-16-15-22-7-12-26(17-28(22)30(36)23-5-10-25(34)11-6-23)39-19-27-13-14-29(40-27)31(37)35-18-21-3-8-24(33)9-4-21/h3-14,17,20,30H,15-16,18-19H2,1-2H3,(H,35,37). The van der Waals surface area contributed by atoms with Crippen molar-refractivity contribution < 1.29 is 27.5 Å². The van der Waals surface area contributed by atoms with E-state index in [1.165, 1.54) is 24.3 Å². The Morgan fingerprint density at radius 1 is 0.975 bits per heavy atom. The lowest BCUT2D eigenvalue weighted by Crippen LogP contribution is -2.42. The van der Waals surface area contributed by atoms with Gasteiger partial charge in [0.15, 0.2) is 5.76 Å². The normalized spacial score (nSPS) is 14.6. The number of nitrogens with zero attached hydrogens (tertiary/aromatic N) is 1. The molecular formula is C32H30F2N2O4. The predicted molar refractivity (Wildman–Crippen MR) is 146 cm³/mol. The van der Waals surface area contributed by atoms with Crippen LogP contribution in [0.5, 0.6) is 5.75 Å². The topological polar surface area (TPSA) is 71.8 Å². The summed E-state index contributed by atoms with van der Waals surface area (Å²) in [5.74, 6) is 0.00112. The monoisotopic (exact) mass is 544 g/mol. The van der Waals surface area contributed by atoms with E-state index < -0.39 is 0 Å². The van der Waals surface area contributed by atoms with Gasteiger partial charge in [0.05, 0.1) is 6.04 Å². The zero-order valence-corrected chi connectivity index (χ0v) is 22.3. The summed E-state index contributed by atoms with van der Waals surface area (Å²) < 4.78 is 38.5. The Morgan fingerprint density at radius 3 is 2.38 bits per heavy atom. The molecule has 0 bridgehead atoms. The third-order valence-electron chi connectivity index (χ3n) is 6.94. The number of halogens is 2. The number of fused-ring (bicyclic) bond motifs is 1. The van der Waals surface area contributed by atoms with Gasteiger partial charge in [-0.3, -0.25) is 9.59 Å². The molecule has 0 aliphatic carbocycles. The van der Waals surface area contributed by atoms with Crippen molar-refractivity contribution in [1.82, 2.24) is 10.2 Å². The lowest BCUT2D eigenvalue weighted by molar-refractivity contribution is -0.136. The molecule has 1 atom stereocenters. The van der Waals surface area contributed by atoms with Crippen molar-refractivity contribution in [2.24, 2.45) is 5.92 Å². The van der Waals surface area contributed by atoms with E-state index in [1.807, 2.05) is 36.9 Å². The van der Waals surface area contributed by atoms with Crippen molar-refractivity contribution in [1.29, 1.82) is 0 Å². The van der Waals surface area contributed by atoms with E-state index in [2.05, 4.69) is 5.32 Å². The molecule has 206 valence electrons. The molecule has 0 fully saturated rings. The van der Waals surface area contributed by atoms with E-state index in [9.17, 15) is 18.4 Å². The fraction of sp³-hybridized carbons (Fsp3) is 0.250. The van der Waals surface area contributed by atoms with Crippen LogP contribution in [0.4, 0.5) is 8.78 Å². The third-order valence-corrected chi connectivity index (χ3v) is 6.94. The summed E-state index contributed by atoms with van der Waals surface area (Å²) in [6, 6.07) is 20.8. The molecule has 0 saturated heterocycles. The molecule has 4 aromatic rings. The van der Waals surface area contributed by atoms with E-state index in [0.717, 1.165) is 22.3 Å². The maximum atomic E-state index is 13.7. The van der Waals surface area contributed by atoms with Crippen LogP contribution in [0, 0.1) is 17.6 Å². The number of ether oxygens (including phenoxy) is 1. The molecule has 5 rings (SSSR count). The van der Waals surface area contributed by atoms with Crippen LogP contribution >= 0.6 is 0 Å². The maximum Gasteiger partial charge on any atom is 0.287 e. The summed E-state index contributed by atoms with van der Waals surface area (Å²) >= 11 is 0. The average molecular weight is 545 g/mol. The smallest absolute Gasteiger partial charge is 0.287 e. The molecule has 0 radical (unpaired) electrons. The summed E-state index contributed by atoms with van der Waals surface area (Å²) in [7, 11) is 0. The van der Waals surface area contributed by atoms with Gasteiger partial charge in [0.1, 0.15) is 29.8 Å². The summed E-state index contributed by atoms with van der Waals surface area (Å²) in [4.78, 5) is 27.5. The van der Waals surface area contributed by atoms with Gasteiger partial charge in [-0.05, 0) is 77.2 Å². The van der Waals surface area contributed by atoms with E-state index in [1.54, 1.807) is 36.4 Å². The second-order valence-electron chi connectivity index (χ2n) is 10.1. The fourth-order valence-electron chi connectivity index (χ4n) is 4.86. The van der Waals surface area contributed by atoms with Gasteiger partial charge in [-0.2, -0.15) is 0 Å². The van der Waals surface area contributed by atoms with Crippen molar-refractivity contribution in [2.45, 2.75) is 39.5 Å². The van der Waals surface area contributed by atoms with Crippen LogP contribution in [-0.2, 0) is 24.4 Å². The van der Waals surface area contributed by atoms with Gasteiger partial charge >= 0.3 is 0 Å². The Hall–Kier alpha value is -4.46. The minimum atomic E-state index is -0.388. The number of benzene rings is 3. The second kappa shape index (κ2) is 11.7. The van der Waals surface area contributed by atoms with Gasteiger partial charge in [0.25, 0.3) is 5.91 Å². The minimum Gasteiger partial charge on any atom is -0.486 e. The predicted octanol–water partition coefficient (Wildman–Crippen LogP) is 6.20. The van der Waals surface area contributed by atoms with Gasteiger partial charge in [0, 0.05) is 19.0 Å². The van der Waals surface area contributed by atoms with E-state index in [-0.39, 0.29) is 54.3 Å². The molecule has 2 heterocycles. The molecule has 0 spiro atoms. The summed E-state index contributed by atoms with van der Waals surface area (Å²) in [5.41, 5.74) is 3.64. The Labute approximate surface area is 231 Å². The van der Waals surface area contributed by atoms with E-state index in [0.29, 0.717) is 24.5 Å². The number of nitrogens with one attached hydrogen (secondary N) is 1. The molecule has 8 heteroatoms. The first kappa shape index (κ1) is 27.1. The largest absolute Gasteiger partial charge is 0.486 e. The van der Waals surface area contributed by atoms with Crippen LogP contribution in [0.3, 0.4) is 0 Å². The molecule has 0 saturated carbocycles. The van der Waals surface area contributed by atoms with Crippen molar-refractivity contribution >= 4 is 11.8 Å². The number of carbonyl (C=O) groups is 2. The van der Waals surface area contributed by atoms with Gasteiger partial charge in [-0.15, -0.1) is 0 Å². The van der Waals surface area contributed by atoms with Gasteiger partial charge < -0.3 is 19.4 Å². The number of hydrogen-bond donors (Lipinski definition) is 1. The van der Waals surface area contributed by atoms with Gasteiger partial charge in [0.2, 0.25) is 5.91 Å². The Kier molecular flexibility index (Phi) is 7.96. The van der Waals surface area contributed by atoms with Crippen LogP contribution in [0.1, 0.15) is 58.5 Å². The number of furan rings is 1. The highest BCUT2D eigenvalue weighted by Crippen LogP contribution is 2.38. The Balaban J connectivity index is 1.29. The highest BCUT2D eigenvalue weighted by atomic mass is 19.1. The molecule has 1 aromatic heterocycles. The maximum absolute atomic E-state index is 13.7. The first-order chi connectivity index (χ1) is 19.3. The van der Waals surface area contributed by atoms with E-state index in [4.69, 9.17) is 9.15 Å². The fourth-order valence-corrected chi connectivity index (χ4v) is 4.86. The minimum absolute atomic E-state index is 0.0344. The highest BCUT2D eigenvalue weighted by Gasteiger charge is 2.33. The molecule has 1 aliphatic heterocycles. The molecule has 6 nitrogen and oxygen atoms in total. The molecule has 2 amide bonds. The number of rotatable bonds is 8. The Morgan fingerprint density at radius 2 is 1.68 bits per heavy atom. The zero-order chi connectivity index (χ0) is 28.2. The van der Waals surface area contributed by atoms with Crippen LogP contribution in [0.15, 0.2) is 83.3 Å². The van der Waals surface area contributed by atoms with Gasteiger partial charge in [-0.25, -0.2) is 8.78 Å². The van der Waals surface area contributed by atoms with Crippen molar-refractivity contribution in [2.75, 3.05) is 6.54 Å². The molecule has 40 heavy (non-hydrogen) atoms. The zero-order valence-electron chi connectivity index (χ0n) is 22.3. The summed E-state index contributed by atoms with van der Waals surface area (Å²) in [5, 5.41) is 2.75. The van der Waals surface area contributed by atoms with Crippen LogP contribution in [0.2, 0.25) is 0 Å². The molecule has 1 N–H and O–H groups in total. The summed E-state index contributed by atoms with van der Waals surface area (Å²) in [6.45, 7) is 4.66. The average Bonchev–Trinajstić information content (AvgIpc) is 3.44. The summed E-state index contributed by atoms with van der Waals surface area (Å²) in [6.07, 6.45) is 0.709. The first-order valence-corrected chi connectivity index (χ1v) is 13.2. The lowest BCUT2D eigenvalue weighted by Gasteiger charge is -2.39. The van der Waals surface area contributed by atoms with Crippen LogP contribution in [-0.4, -0.2) is 23.3 Å². The molecule has 1 aliphatic rings.